The smallest absolute Gasteiger partial charge is 0.306 e. The number of nitrogens with one attached hydrogen (secondary N) is 1. The Morgan fingerprint density at radius 1 is 0.484 bits per heavy atom. The summed E-state index contributed by atoms with van der Waals surface area (Å²) in [7, 11) is 0. The van der Waals surface area contributed by atoms with E-state index in [1.165, 1.54) is 64.2 Å². The number of carbonyl (C=O) groups is 2. The van der Waals surface area contributed by atoms with Crippen molar-refractivity contribution in [1.82, 2.24) is 5.32 Å². The molecule has 62 heavy (non-hydrogen) atoms. The van der Waals surface area contributed by atoms with Gasteiger partial charge in [0.2, 0.25) is 5.91 Å². The van der Waals surface area contributed by atoms with E-state index in [0.29, 0.717) is 25.7 Å². The van der Waals surface area contributed by atoms with E-state index in [9.17, 15) is 19.8 Å². The number of esters is 1. The van der Waals surface area contributed by atoms with Crippen molar-refractivity contribution < 1.29 is 24.5 Å². The molecule has 0 aliphatic carbocycles. The standard InChI is InChI=1S/C56H93NO5/c1-4-7-10-13-16-19-21-23-25-27-29-31-33-36-38-41-44-47-52(50-55(60)57-53(51-58)54(59)48-45-42-39-35-18-15-12-9-6-3)62-56(61)49-46-43-40-37-34-32-30-28-26-24-22-20-17-14-11-8-5-2/h7,10,16-17,19-20,23-26,29-32,36-38,40,52-54,58-59H,4-6,8-9,11-15,18,21-22,27-28,33-35,39,41-51H2,1-3H3,(H,57,60)/b10-7-,19-16-,20-17-,25-23-,26-24-,31-29-,32-30-,38-36-,40-37-. The minimum atomic E-state index is -0.817. The Hall–Kier alpha value is -3.48. The second-order valence-electron chi connectivity index (χ2n) is 16.5. The molecule has 0 saturated heterocycles. The van der Waals surface area contributed by atoms with Crippen LogP contribution in [-0.2, 0) is 14.3 Å². The molecular formula is C56H93NO5. The number of hydrogen-bond acceptors (Lipinski definition) is 5. The Bertz CT molecular complexity index is 1280. The Morgan fingerprint density at radius 2 is 0.887 bits per heavy atom. The third-order valence-electron chi connectivity index (χ3n) is 10.6. The van der Waals surface area contributed by atoms with Crippen LogP contribution >= 0.6 is 0 Å². The lowest BCUT2D eigenvalue weighted by molar-refractivity contribution is -0.151. The van der Waals surface area contributed by atoms with Crippen molar-refractivity contribution >= 4 is 11.9 Å². The van der Waals surface area contributed by atoms with Crippen LogP contribution in [0.15, 0.2) is 109 Å². The van der Waals surface area contributed by atoms with Crippen LogP contribution in [0, 0.1) is 0 Å². The SMILES string of the molecule is CC/C=C\C/C=C\C/C=C\C/C=C\C/C=C\CCCC(CC(=O)NC(CO)C(O)CCCCCCCCCCC)OC(=O)CCC/C=C\C/C=C\C/C=C\C/C=C\CCCCC. The van der Waals surface area contributed by atoms with Gasteiger partial charge in [-0.2, -0.15) is 0 Å². The van der Waals surface area contributed by atoms with E-state index in [-0.39, 0.29) is 24.9 Å². The van der Waals surface area contributed by atoms with Gasteiger partial charge in [-0.05, 0) is 103 Å². The second-order valence-corrected chi connectivity index (χ2v) is 16.5. The topological polar surface area (TPSA) is 95.9 Å². The van der Waals surface area contributed by atoms with Crippen LogP contribution in [0.2, 0.25) is 0 Å². The molecule has 6 heteroatoms. The highest BCUT2D eigenvalue weighted by Gasteiger charge is 2.24. The molecule has 0 radical (unpaired) electrons. The average Bonchev–Trinajstić information content (AvgIpc) is 3.26. The molecule has 352 valence electrons. The highest BCUT2D eigenvalue weighted by molar-refractivity contribution is 5.77. The molecule has 0 fully saturated rings. The summed E-state index contributed by atoms with van der Waals surface area (Å²) in [6, 6.07) is -0.736. The van der Waals surface area contributed by atoms with E-state index >= 15 is 0 Å². The molecule has 0 aromatic carbocycles. The Kier molecular flexibility index (Phi) is 45.8. The quantitative estimate of drug-likeness (QED) is 0.0322. The van der Waals surface area contributed by atoms with Crippen LogP contribution in [0.25, 0.3) is 0 Å². The number of carbonyl (C=O) groups excluding carboxylic acids is 2. The molecule has 3 N–H and O–H groups in total. The predicted octanol–water partition coefficient (Wildman–Crippen LogP) is 15.1. The Morgan fingerprint density at radius 3 is 1.35 bits per heavy atom. The number of allylic oxidation sites excluding steroid dienone is 18. The van der Waals surface area contributed by atoms with Crippen LogP contribution in [-0.4, -0.2) is 46.9 Å². The molecule has 0 bridgehead atoms. The van der Waals surface area contributed by atoms with Gasteiger partial charge in [0.15, 0.2) is 0 Å². The number of rotatable bonds is 43. The van der Waals surface area contributed by atoms with Gasteiger partial charge in [-0.25, -0.2) is 0 Å². The number of amides is 1. The summed E-state index contributed by atoms with van der Waals surface area (Å²) in [5.41, 5.74) is 0. The fourth-order valence-corrected chi connectivity index (χ4v) is 6.81. The van der Waals surface area contributed by atoms with E-state index in [2.05, 4.69) is 135 Å². The van der Waals surface area contributed by atoms with E-state index in [1.54, 1.807) is 0 Å². The van der Waals surface area contributed by atoms with Gasteiger partial charge < -0.3 is 20.3 Å². The van der Waals surface area contributed by atoms with Crippen molar-refractivity contribution in [2.75, 3.05) is 6.61 Å². The number of unbranched alkanes of at least 4 members (excludes halogenated alkanes) is 13. The maximum Gasteiger partial charge on any atom is 0.306 e. The van der Waals surface area contributed by atoms with Crippen LogP contribution in [0.5, 0.6) is 0 Å². The van der Waals surface area contributed by atoms with Gasteiger partial charge in [0, 0.05) is 6.42 Å². The van der Waals surface area contributed by atoms with Gasteiger partial charge in [-0.15, -0.1) is 0 Å². The summed E-state index contributed by atoms with van der Waals surface area (Å²) < 4.78 is 5.87. The zero-order chi connectivity index (χ0) is 45.2. The number of ether oxygens (including phenoxy) is 1. The molecule has 3 atom stereocenters. The first-order valence-corrected chi connectivity index (χ1v) is 25.1. The molecule has 0 aliphatic rings. The first-order valence-electron chi connectivity index (χ1n) is 25.1. The fraction of sp³-hybridized carbons (Fsp3) is 0.643. The summed E-state index contributed by atoms with van der Waals surface area (Å²) >= 11 is 0. The molecule has 0 aromatic heterocycles. The molecule has 0 aliphatic heterocycles. The van der Waals surface area contributed by atoms with Crippen molar-refractivity contribution in [2.24, 2.45) is 0 Å². The van der Waals surface area contributed by atoms with Crippen LogP contribution < -0.4 is 5.32 Å². The van der Waals surface area contributed by atoms with Crippen LogP contribution in [0.1, 0.15) is 207 Å². The lowest BCUT2D eigenvalue weighted by Crippen LogP contribution is -2.46. The molecule has 0 heterocycles. The second kappa shape index (κ2) is 48.6. The summed E-state index contributed by atoms with van der Waals surface area (Å²) in [5.74, 6) is -0.610. The lowest BCUT2D eigenvalue weighted by Gasteiger charge is -2.24. The minimum Gasteiger partial charge on any atom is -0.462 e. The van der Waals surface area contributed by atoms with Gasteiger partial charge in [-0.3, -0.25) is 9.59 Å². The highest BCUT2D eigenvalue weighted by Crippen LogP contribution is 2.15. The minimum absolute atomic E-state index is 0.00975. The first kappa shape index (κ1) is 58.5. The van der Waals surface area contributed by atoms with Crippen molar-refractivity contribution in [3.63, 3.8) is 0 Å². The van der Waals surface area contributed by atoms with Crippen molar-refractivity contribution in [2.45, 2.75) is 225 Å². The zero-order valence-electron chi connectivity index (χ0n) is 40.0. The van der Waals surface area contributed by atoms with E-state index in [0.717, 1.165) is 89.9 Å². The van der Waals surface area contributed by atoms with Crippen molar-refractivity contribution in [1.29, 1.82) is 0 Å². The lowest BCUT2D eigenvalue weighted by atomic mass is 10.0. The van der Waals surface area contributed by atoms with Crippen LogP contribution in [0.3, 0.4) is 0 Å². The molecule has 0 rings (SSSR count). The van der Waals surface area contributed by atoms with Gasteiger partial charge >= 0.3 is 5.97 Å². The van der Waals surface area contributed by atoms with Gasteiger partial charge in [0.05, 0.1) is 25.2 Å². The maximum atomic E-state index is 13.2. The van der Waals surface area contributed by atoms with Gasteiger partial charge in [0.25, 0.3) is 0 Å². The largest absolute Gasteiger partial charge is 0.462 e. The van der Waals surface area contributed by atoms with Crippen LogP contribution in [0.4, 0.5) is 0 Å². The molecular weight excluding hydrogens is 767 g/mol. The monoisotopic (exact) mass is 860 g/mol. The Balaban J connectivity index is 4.82. The Labute approximate surface area is 381 Å². The summed E-state index contributed by atoms with van der Waals surface area (Å²) in [6.07, 6.45) is 65.8. The summed E-state index contributed by atoms with van der Waals surface area (Å²) in [5, 5.41) is 23.6. The number of hydrogen-bond donors (Lipinski definition) is 3. The normalized spacial score (nSPS) is 14.2. The number of aliphatic hydroxyl groups excluding tert-OH is 2. The molecule has 6 nitrogen and oxygen atoms in total. The first-order chi connectivity index (χ1) is 30.5. The molecule has 3 unspecified atom stereocenters. The van der Waals surface area contributed by atoms with E-state index in [4.69, 9.17) is 4.74 Å². The van der Waals surface area contributed by atoms with E-state index < -0.39 is 18.2 Å². The summed E-state index contributed by atoms with van der Waals surface area (Å²) in [6.45, 7) is 6.27. The van der Waals surface area contributed by atoms with Crippen molar-refractivity contribution in [3.8, 4) is 0 Å². The summed E-state index contributed by atoms with van der Waals surface area (Å²) in [4.78, 5) is 26.1. The third kappa shape index (κ3) is 43.2. The maximum absolute atomic E-state index is 13.2. The molecule has 1 amide bonds. The zero-order valence-corrected chi connectivity index (χ0v) is 40.0. The molecule has 0 aromatic rings. The van der Waals surface area contributed by atoms with Gasteiger partial charge in [-0.1, -0.05) is 201 Å². The molecule has 0 saturated carbocycles. The number of aliphatic hydroxyl groups is 2. The third-order valence-corrected chi connectivity index (χ3v) is 10.6. The van der Waals surface area contributed by atoms with E-state index in [1.807, 2.05) is 0 Å². The predicted molar refractivity (Wildman–Crippen MR) is 268 cm³/mol. The fourth-order valence-electron chi connectivity index (χ4n) is 6.81. The highest BCUT2D eigenvalue weighted by atomic mass is 16.5. The van der Waals surface area contributed by atoms with Gasteiger partial charge in [0.1, 0.15) is 6.10 Å². The average molecular weight is 860 g/mol. The molecule has 0 spiro atoms. The van der Waals surface area contributed by atoms with Crippen molar-refractivity contribution in [3.05, 3.63) is 109 Å².